The van der Waals surface area contributed by atoms with E-state index in [2.05, 4.69) is 27.4 Å². The Bertz CT molecular complexity index is 863. The summed E-state index contributed by atoms with van der Waals surface area (Å²) in [5.74, 6) is 1.78. The van der Waals surface area contributed by atoms with Crippen LogP contribution in [0.3, 0.4) is 0 Å². The Labute approximate surface area is 156 Å². The van der Waals surface area contributed by atoms with Crippen molar-refractivity contribution in [3.8, 4) is 17.1 Å². The van der Waals surface area contributed by atoms with E-state index in [1.54, 1.807) is 6.08 Å². The maximum atomic E-state index is 5.44. The van der Waals surface area contributed by atoms with Crippen LogP contribution in [0.5, 0.6) is 5.75 Å². The van der Waals surface area contributed by atoms with Crippen molar-refractivity contribution in [2.24, 2.45) is 0 Å². The minimum absolute atomic E-state index is 0.339. The van der Waals surface area contributed by atoms with Crippen LogP contribution in [0, 0.1) is 0 Å². The van der Waals surface area contributed by atoms with Gasteiger partial charge in [-0.1, -0.05) is 48.1 Å². The monoisotopic (exact) mass is 366 g/mol. The van der Waals surface area contributed by atoms with Gasteiger partial charge in [0.15, 0.2) is 5.11 Å². The van der Waals surface area contributed by atoms with Gasteiger partial charge in [0.05, 0.1) is 6.54 Å². The van der Waals surface area contributed by atoms with E-state index in [4.69, 9.17) is 21.5 Å². The van der Waals surface area contributed by atoms with Gasteiger partial charge in [0.25, 0.3) is 0 Å². The zero-order valence-electron chi connectivity index (χ0n) is 14.0. The van der Waals surface area contributed by atoms with Crippen LogP contribution in [0.15, 0.2) is 71.8 Å². The van der Waals surface area contributed by atoms with Gasteiger partial charge in [-0.25, -0.2) is 0 Å². The predicted molar refractivity (Wildman–Crippen MR) is 105 cm³/mol. The zero-order valence-corrected chi connectivity index (χ0v) is 14.8. The Kier molecular flexibility index (Phi) is 5.95. The standard InChI is InChI=1S/C19H18N4O2S/c1-2-12-24-16-10-8-15(9-11-16)21-19(26)20-13-17-22-18(23-25-17)14-6-4-3-5-7-14/h2-11H,1,12-13H2,(H2,20,21,26). The average Bonchev–Trinajstić information content (AvgIpc) is 3.16. The van der Waals surface area contributed by atoms with Crippen molar-refractivity contribution in [2.75, 3.05) is 11.9 Å². The highest BCUT2D eigenvalue weighted by atomic mass is 32.1. The van der Waals surface area contributed by atoms with Crippen molar-refractivity contribution in [1.82, 2.24) is 15.5 Å². The first-order valence-corrected chi connectivity index (χ1v) is 8.42. The lowest BCUT2D eigenvalue weighted by atomic mass is 10.2. The molecule has 0 aliphatic heterocycles. The summed E-state index contributed by atoms with van der Waals surface area (Å²) in [6.45, 7) is 4.43. The molecule has 2 aromatic carbocycles. The number of hydrogen-bond donors (Lipinski definition) is 2. The molecule has 3 rings (SSSR count). The molecule has 0 atom stereocenters. The third-order valence-corrected chi connectivity index (χ3v) is 3.63. The molecule has 2 N–H and O–H groups in total. The fraction of sp³-hybridized carbons (Fsp3) is 0.105. The molecule has 0 unspecified atom stereocenters. The highest BCUT2D eigenvalue weighted by Crippen LogP contribution is 2.16. The number of thiocarbonyl (C=S) groups is 1. The minimum Gasteiger partial charge on any atom is -0.490 e. The SMILES string of the molecule is C=CCOc1ccc(NC(=S)NCc2nc(-c3ccccc3)no2)cc1. The maximum absolute atomic E-state index is 5.44. The zero-order chi connectivity index (χ0) is 18.2. The number of rotatable bonds is 7. The third kappa shape index (κ3) is 4.90. The van der Waals surface area contributed by atoms with Crippen LogP contribution in [-0.2, 0) is 6.54 Å². The van der Waals surface area contributed by atoms with Crippen molar-refractivity contribution in [3.63, 3.8) is 0 Å². The molecular weight excluding hydrogens is 348 g/mol. The summed E-state index contributed by atoms with van der Waals surface area (Å²) in [7, 11) is 0. The summed E-state index contributed by atoms with van der Waals surface area (Å²) in [6, 6.07) is 17.1. The molecule has 7 heteroatoms. The molecule has 1 aromatic heterocycles. The van der Waals surface area contributed by atoms with Crippen LogP contribution in [-0.4, -0.2) is 21.9 Å². The van der Waals surface area contributed by atoms with E-state index in [1.165, 1.54) is 0 Å². The molecule has 0 bridgehead atoms. The van der Waals surface area contributed by atoms with Gasteiger partial charge in [-0.05, 0) is 36.5 Å². The molecular formula is C19H18N4O2S. The fourth-order valence-electron chi connectivity index (χ4n) is 2.15. The first-order chi connectivity index (χ1) is 12.7. The van der Waals surface area contributed by atoms with Crippen LogP contribution in [0.2, 0.25) is 0 Å². The van der Waals surface area contributed by atoms with E-state index < -0.39 is 0 Å². The molecule has 3 aromatic rings. The number of hydrogen-bond acceptors (Lipinski definition) is 5. The van der Waals surface area contributed by atoms with Crippen molar-refractivity contribution in [2.45, 2.75) is 6.54 Å². The molecule has 1 heterocycles. The van der Waals surface area contributed by atoms with Gasteiger partial charge in [0, 0.05) is 11.3 Å². The lowest BCUT2D eigenvalue weighted by Crippen LogP contribution is -2.27. The largest absolute Gasteiger partial charge is 0.490 e. The molecule has 6 nitrogen and oxygen atoms in total. The summed E-state index contributed by atoms with van der Waals surface area (Å²) in [5, 5.41) is 10.6. The fourth-order valence-corrected chi connectivity index (χ4v) is 2.34. The topological polar surface area (TPSA) is 72.2 Å². The molecule has 0 amide bonds. The van der Waals surface area contributed by atoms with Crippen molar-refractivity contribution < 1.29 is 9.26 Å². The van der Waals surface area contributed by atoms with Crippen molar-refractivity contribution in [3.05, 3.63) is 73.1 Å². The summed E-state index contributed by atoms with van der Waals surface area (Å²) < 4.78 is 10.7. The van der Waals surface area contributed by atoms with Gasteiger partial charge in [-0.15, -0.1) is 0 Å². The van der Waals surface area contributed by atoms with E-state index in [9.17, 15) is 0 Å². The molecule has 26 heavy (non-hydrogen) atoms. The van der Waals surface area contributed by atoms with E-state index in [0.29, 0.717) is 30.0 Å². The number of nitrogens with zero attached hydrogens (tertiary/aromatic N) is 2. The third-order valence-electron chi connectivity index (χ3n) is 3.38. The molecule has 0 spiro atoms. The molecule has 0 fully saturated rings. The smallest absolute Gasteiger partial charge is 0.246 e. The lowest BCUT2D eigenvalue weighted by Gasteiger charge is -2.09. The van der Waals surface area contributed by atoms with E-state index in [1.807, 2.05) is 54.6 Å². The Balaban J connectivity index is 1.50. The minimum atomic E-state index is 0.339. The van der Waals surface area contributed by atoms with E-state index >= 15 is 0 Å². The van der Waals surface area contributed by atoms with Gasteiger partial charge in [-0.2, -0.15) is 4.98 Å². The number of ether oxygens (including phenoxy) is 1. The Morgan fingerprint density at radius 1 is 1.15 bits per heavy atom. The van der Waals surface area contributed by atoms with Gasteiger partial charge < -0.3 is 19.9 Å². The first kappa shape index (κ1) is 17.6. The second-order valence-corrected chi connectivity index (χ2v) is 5.72. The van der Waals surface area contributed by atoms with Crippen molar-refractivity contribution >= 4 is 23.0 Å². The summed E-state index contributed by atoms with van der Waals surface area (Å²) in [6.07, 6.45) is 1.70. The summed E-state index contributed by atoms with van der Waals surface area (Å²) in [4.78, 5) is 4.35. The van der Waals surface area contributed by atoms with Crippen LogP contribution >= 0.6 is 12.2 Å². The second kappa shape index (κ2) is 8.77. The molecule has 132 valence electrons. The quantitative estimate of drug-likeness (QED) is 0.487. The number of anilines is 1. The van der Waals surface area contributed by atoms with E-state index in [-0.39, 0.29) is 0 Å². The molecule has 0 saturated carbocycles. The van der Waals surface area contributed by atoms with E-state index in [0.717, 1.165) is 17.0 Å². The van der Waals surface area contributed by atoms with Gasteiger partial charge in [0.2, 0.25) is 11.7 Å². The van der Waals surface area contributed by atoms with Gasteiger partial charge in [0.1, 0.15) is 12.4 Å². The average molecular weight is 366 g/mol. The predicted octanol–water partition coefficient (Wildman–Crippen LogP) is 3.79. The summed E-state index contributed by atoms with van der Waals surface area (Å²) in [5.41, 5.74) is 1.76. The first-order valence-electron chi connectivity index (χ1n) is 8.01. The second-order valence-electron chi connectivity index (χ2n) is 5.31. The normalized spacial score (nSPS) is 10.2. The van der Waals surface area contributed by atoms with Crippen LogP contribution in [0.25, 0.3) is 11.4 Å². The maximum Gasteiger partial charge on any atom is 0.246 e. The van der Waals surface area contributed by atoms with Crippen LogP contribution in [0.4, 0.5) is 5.69 Å². The Morgan fingerprint density at radius 2 is 1.92 bits per heavy atom. The number of nitrogens with one attached hydrogen (secondary N) is 2. The molecule has 0 aliphatic carbocycles. The van der Waals surface area contributed by atoms with Gasteiger partial charge >= 0.3 is 0 Å². The highest BCUT2D eigenvalue weighted by molar-refractivity contribution is 7.80. The number of aromatic nitrogens is 2. The van der Waals surface area contributed by atoms with Crippen LogP contribution < -0.4 is 15.4 Å². The van der Waals surface area contributed by atoms with Crippen molar-refractivity contribution in [1.29, 1.82) is 0 Å². The number of benzene rings is 2. The summed E-state index contributed by atoms with van der Waals surface area (Å²) >= 11 is 5.28. The lowest BCUT2D eigenvalue weighted by molar-refractivity contribution is 0.363. The molecule has 0 aliphatic rings. The highest BCUT2D eigenvalue weighted by Gasteiger charge is 2.08. The Morgan fingerprint density at radius 3 is 2.65 bits per heavy atom. The molecule has 0 saturated heterocycles. The van der Waals surface area contributed by atoms with Crippen LogP contribution in [0.1, 0.15) is 5.89 Å². The van der Waals surface area contributed by atoms with Gasteiger partial charge in [-0.3, -0.25) is 0 Å². The molecule has 0 radical (unpaired) electrons. The Hall–Kier alpha value is -3.19.